The fourth-order valence-electron chi connectivity index (χ4n) is 3.74. The number of imidazole rings is 1. The monoisotopic (exact) mass is 449 g/mol. The molecule has 0 aliphatic carbocycles. The first kappa shape index (κ1) is 19.8. The Morgan fingerprint density at radius 2 is 1.74 bits per heavy atom. The predicted molar refractivity (Wildman–Crippen MR) is 126 cm³/mol. The third kappa shape index (κ3) is 4.19. The van der Waals surface area contributed by atoms with Crippen molar-refractivity contribution < 1.29 is 4.79 Å². The number of benzene rings is 2. The number of aromatic nitrogens is 3. The number of carbonyl (C=O) groups excluding carboxylic acids is 1. The highest BCUT2D eigenvalue weighted by Gasteiger charge is 2.21. The van der Waals surface area contributed by atoms with Gasteiger partial charge in [0.1, 0.15) is 17.2 Å². The SMILES string of the molecule is O=C(Nc1nccs1)c1[nH]c(-c2ccc(N3CCCC3)cc2)nc1-c1ccc(Cl)cc1. The van der Waals surface area contributed by atoms with Crippen molar-refractivity contribution in [3.05, 3.63) is 70.8 Å². The smallest absolute Gasteiger partial charge is 0.276 e. The van der Waals surface area contributed by atoms with Crippen LogP contribution >= 0.6 is 22.9 Å². The Hall–Kier alpha value is -3.16. The molecule has 1 fully saturated rings. The minimum atomic E-state index is -0.285. The molecule has 1 aliphatic heterocycles. The molecule has 2 aromatic heterocycles. The van der Waals surface area contributed by atoms with Crippen LogP contribution < -0.4 is 10.2 Å². The second-order valence-corrected chi connectivity index (χ2v) is 8.68. The Kier molecular flexibility index (Phi) is 5.44. The lowest BCUT2D eigenvalue weighted by Crippen LogP contribution is -2.17. The van der Waals surface area contributed by atoms with Gasteiger partial charge in [0.25, 0.3) is 5.91 Å². The van der Waals surface area contributed by atoms with Crippen molar-refractivity contribution in [3.63, 3.8) is 0 Å². The molecule has 0 unspecified atom stereocenters. The largest absolute Gasteiger partial charge is 0.372 e. The van der Waals surface area contributed by atoms with E-state index in [1.54, 1.807) is 18.3 Å². The number of carbonyl (C=O) groups is 1. The number of hydrogen-bond acceptors (Lipinski definition) is 5. The third-order valence-corrected chi connectivity index (χ3v) is 6.25. The van der Waals surface area contributed by atoms with Gasteiger partial charge in [0.05, 0.1) is 0 Å². The van der Waals surface area contributed by atoms with Crippen molar-refractivity contribution in [1.29, 1.82) is 0 Å². The second-order valence-electron chi connectivity index (χ2n) is 7.35. The molecule has 0 atom stereocenters. The summed E-state index contributed by atoms with van der Waals surface area (Å²) < 4.78 is 0. The molecule has 0 bridgehead atoms. The first-order valence-corrected chi connectivity index (χ1v) is 11.4. The molecular formula is C23H20ClN5OS. The summed E-state index contributed by atoms with van der Waals surface area (Å²) in [5.41, 5.74) is 3.91. The van der Waals surface area contributed by atoms with E-state index in [4.69, 9.17) is 16.6 Å². The van der Waals surface area contributed by atoms with E-state index in [0.717, 1.165) is 24.2 Å². The number of thiazole rings is 1. The summed E-state index contributed by atoms with van der Waals surface area (Å²) in [5, 5.41) is 5.82. The average Bonchev–Trinajstić information content (AvgIpc) is 3.56. The molecule has 156 valence electrons. The molecule has 31 heavy (non-hydrogen) atoms. The van der Waals surface area contributed by atoms with Crippen molar-refractivity contribution in [2.45, 2.75) is 12.8 Å². The lowest BCUT2D eigenvalue weighted by atomic mass is 10.1. The summed E-state index contributed by atoms with van der Waals surface area (Å²) in [5.74, 6) is 0.356. The summed E-state index contributed by atoms with van der Waals surface area (Å²) >= 11 is 7.41. The van der Waals surface area contributed by atoms with Gasteiger partial charge in [0.2, 0.25) is 0 Å². The molecule has 1 amide bonds. The number of anilines is 2. The number of halogens is 1. The zero-order valence-electron chi connectivity index (χ0n) is 16.6. The highest BCUT2D eigenvalue weighted by Crippen LogP contribution is 2.29. The van der Waals surface area contributed by atoms with E-state index < -0.39 is 0 Å². The van der Waals surface area contributed by atoms with Gasteiger partial charge in [-0.1, -0.05) is 23.7 Å². The molecule has 0 saturated carbocycles. The van der Waals surface area contributed by atoms with Gasteiger partial charge < -0.3 is 9.88 Å². The molecule has 0 radical (unpaired) electrons. The highest BCUT2D eigenvalue weighted by molar-refractivity contribution is 7.13. The maximum absolute atomic E-state index is 13.0. The van der Waals surface area contributed by atoms with Crippen LogP contribution in [-0.4, -0.2) is 33.9 Å². The third-order valence-electron chi connectivity index (χ3n) is 5.31. The van der Waals surface area contributed by atoms with Crippen LogP contribution in [0.25, 0.3) is 22.6 Å². The van der Waals surface area contributed by atoms with E-state index in [0.29, 0.717) is 27.4 Å². The van der Waals surface area contributed by atoms with Gasteiger partial charge in [-0.25, -0.2) is 9.97 Å². The Balaban J connectivity index is 1.50. The summed E-state index contributed by atoms with van der Waals surface area (Å²) in [6.07, 6.45) is 4.13. The van der Waals surface area contributed by atoms with Gasteiger partial charge in [0.15, 0.2) is 5.13 Å². The number of amides is 1. The fourth-order valence-corrected chi connectivity index (χ4v) is 4.39. The van der Waals surface area contributed by atoms with Crippen LogP contribution in [0.2, 0.25) is 5.02 Å². The van der Waals surface area contributed by atoms with Crippen molar-refractivity contribution in [2.75, 3.05) is 23.3 Å². The van der Waals surface area contributed by atoms with Crippen LogP contribution in [0.4, 0.5) is 10.8 Å². The van der Waals surface area contributed by atoms with Crippen molar-refractivity contribution in [2.24, 2.45) is 0 Å². The van der Waals surface area contributed by atoms with E-state index in [1.807, 2.05) is 29.6 Å². The van der Waals surface area contributed by atoms with Crippen LogP contribution in [0.3, 0.4) is 0 Å². The van der Waals surface area contributed by atoms with E-state index in [-0.39, 0.29) is 5.91 Å². The molecule has 2 N–H and O–H groups in total. The van der Waals surface area contributed by atoms with Gasteiger partial charge in [-0.3, -0.25) is 10.1 Å². The number of aromatic amines is 1. The lowest BCUT2D eigenvalue weighted by molar-refractivity contribution is 0.102. The van der Waals surface area contributed by atoms with Gasteiger partial charge in [-0.2, -0.15) is 0 Å². The summed E-state index contributed by atoms with van der Waals surface area (Å²) in [7, 11) is 0. The number of nitrogens with one attached hydrogen (secondary N) is 2. The predicted octanol–water partition coefficient (Wildman–Crippen LogP) is 5.71. The van der Waals surface area contributed by atoms with Crippen LogP contribution in [0.1, 0.15) is 23.3 Å². The summed E-state index contributed by atoms with van der Waals surface area (Å²) in [6.45, 7) is 2.20. The topological polar surface area (TPSA) is 73.9 Å². The van der Waals surface area contributed by atoms with Crippen molar-refractivity contribution in [1.82, 2.24) is 15.0 Å². The molecule has 4 aromatic rings. The maximum Gasteiger partial charge on any atom is 0.276 e. The van der Waals surface area contributed by atoms with E-state index >= 15 is 0 Å². The summed E-state index contributed by atoms with van der Waals surface area (Å²) in [6, 6.07) is 15.6. The molecule has 1 saturated heterocycles. The minimum Gasteiger partial charge on any atom is -0.372 e. The fraction of sp³-hybridized carbons (Fsp3) is 0.174. The Bertz CT molecular complexity index is 1180. The first-order chi connectivity index (χ1) is 15.2. The zero-order valence-corrected chi connectivity index (χ0v) is 18.2. The number of rotatable bonds is 5. The van der Waals surface area contributed by atoms with Crippen LogP contribution in [0.15, 0.2) is 60.1 Å². The van der Waals surface area contributed by atoms with Crippen LogP contribution in [0, 0.1) is 0 Å². The van der Waals surface area contributed by atoms with Crippen molar-refractivity contribution >= 4 is 39.7 Å². The lowest BCUT2D eigenvalue weighted by Gasteiger charge is -2.17. The second kappa shape index (κ2) is 8.53. The molecule has 8 heteroatoms. The zero-order chi connectivity index (χ0) is 21.2. The highest BCUT2D eigenvalue weighted by atomic mass is 35.5. The molecule has 0 spiro atoms. The summed E-state index contributed by atoms with van der Waals surface area (Å²) in [4.78, 5) is 27.5. The molecule has 2 aromatic carbocycles. The molecule has 5 rings (SSSR count). The van der Waals surface area contributed by atoms with Gasteiger partial charge >= 0.3 is 0 Å². The molecule has 1 aliphatic rings. The minimum absolute atomic E-state index is 0.285. The quantitative estimate of drug-likeness (QED) is 0.409. The van der Waals surface area contributed by atoms with Gasteiger partial charge in [0, 0.05) is 46.5 Å². The van der Waals surface area contributed by atoms with Gasteiger partial charge in [-0.15, -0.1) is 11.3 Å². The van der Waals surface area contributed by atoms with Crippen LogP contribution in [-0.2, 0) is 0 Å². The Morgan fingerprint density at radius 3 is 2.42 bits per heavy atom. The average molecular weight is 450 g/mol. The van der Waals surface area contributed by atoms with E-state index in [1.165, 1.54) is 29.9 Å². The van der Waals surface area contributed by atoms with Crippen molar-refractivity contribution in [3.8, 4) is 22.6 Å². The Morgan fingerprint density at radius 1 is 1.03 bits per heavy atom. The molecule has 6 nitrogen and oxygen atoms in total. The normalized spacial score (nSPS) is 13.5. The standard InChI is InChI=1S/C23H20ClN5OS/c24-17-7-3-15(4-8-17)19-20(22(30)28-23-25-11-14-31-23)27-21(26-19)16-5-9-18(10-6-16)29-12-1-2-13-29/h3-11,14H,1-2,12-13H2,(H,26,27)(H,25,28,30). The number of nitrogens with zero attached hydrogens (tertiary/aromatic N) is 3. The molecule has 3 heterocycles. The Labute approximate surface area is 188 Å². The van der Waals surface area contributed by atoms with E-state index in [9.17, 15) is 4.79 Å². The maximum atomic E-state index is 13.0. The molecular weight excluding hydrogens is 430 g/mol. The number of H-pyrrole nitrogens is 1. The van der Waals surface area contributed by atoms with E-state index in [2.05, 4.69) is 32.3 Å². The number of hydrogen-bond donors (Lipinski definition) is 2. The van der Waals surface area contributed by atoms with Crippen LogP contribution in [0.5, 0.6) is 0 Å². The first-order valence-electron chi connectivity index (χ1n) is 10.1. The van der Waals surface area contributed by atoms with Gasteiger partial charge in [-0.05, 0) is 49.2 Å².